The lowest BCUT2D eigenvalue weighted by molar-refractivity contribution is -0.121. The summed E-state index contributed by atoms with van der Waals surface area (Å²) >= 11 is 0. The maximum absolute atomic E-state index is 14.1. The molecule has 1 amide bonds. The summed E-state index contributed by atoms with van der Waals surface area (Å²) in [5.41, 5.74) is 5.17. The largest absolute Gasteiger partial charge is 0.361 e. The molecule has 0 radical (unpaired) electrons. The molecule has 0 saturated heterocycles. The minimum Gasteiger partial charge on any atom is -0.361 e. The number of aromatic nitrogens is 1. The molecule has 0 bridgehead atoms. The highest BCUT2D eigenvalue weighted by molar-refractivity contribution is 5.88. The molecule has 1 heterocycles. The maximum atomic E-state index is 14.1. The van der Waals surface area contributed by atoms with Gasteiger partial charge in [-0.2, -0.15) is 0 Å². The summed E-state index contributed by atoms with van der Waals surface area (Å²) in [6.07, 6.45) is 3.12. The van der Waals surface area contributed by atoms with Gasteiger partial charge in [0.05, 0.1) is 6.04 Å². The topological polar surface area (TPSA) is 44.9 Å². The Morgan fingerprint density at radius 1 is 1.00 bits per heavy atom. The molecule has 158 valence electrons. The van der Waals surface area contributed by atoms with E-state index < -0.39 is 0 Å². The number of halogens is 1. The van der Waals surface area contributed by atoms with E-state index in [2.05, 4.69) is 29.4 Å². The molecular formula is C27H27FN2O. The van der Waals surface area contributed by atoms with Crippen molar-refractivity contribution in [1.29, 1.82) is 0 Å². The molecule has 0 fully saturated rings. The zero-order chi connectivity index (χ0) is 21.8. The van der Waals surface area contributed by atoms with Gasteiger partial charge in [-0.15, -0.1) is 0 Å². The Bertz CT molecular complexity index is 1180. The molecule has 0 aliphatic heterocycles. The number of aryl methyl sites for hydroxylation is 1. The van der Waals surface area contributed by atoms with Crippen molar-refractivity contribution in [1.82, 2.24) is 10.3 Å². The van der Waals surface area contributed by atoms with Crippen LogP contribution in [0.1, 0.15) is 54.5 Å². The van der Waals surface area contributed by atoms with E-state index in [1.807, 2.05) is 55.6 Å². The number of nitrogens with one attached hydrogen (secondary N) is 2. The standard InChI is InChI=1S/C27H27FN2O/c1-3-19-11-8-14-23-25(17-29-27(19)23)24(21-12-7-13-22(28)15-21)16-26(31)30-18(2)20-9-5-4-6-10-20/h4-15,17-18,24,29H,3,16H2,1-2H3,(H,30,31)/t18-,24-/m1/s1. The number of H-pyrrole nitrogens is 1. The molecule has 0 aliphatic rings. The van der Waals surface area contributed by atoms with Gasteiger partial charge in [0.2, 0.25) is 5.91 Å². The number of amides is 1. The second-order valence-corrected chi connectivity index (χ2v) is 7.95. The number of fused-ring (bicyclic) bond motifs is 1. The maximum Gasteiger partial charge on any atom is 0.221 e. The predicted octanol–water partition coefficient (Wildman–Crippen LogP) is 6.27. The van der Waals surface area contributed by atoms with Gasteiger partial charge in [0.15, 0.2) is 0 Å². The third-order valence-electron chi connectivity index (χ3n) is 5.91. The molecule has 3 aromatic carbocycles. The number of hydrogen-bond donors (Lipinski definition) is 2. The van der Waals surface area contributed by atoms with E-state index in [1.54, 1.807) is 6.07 Å². The van der Waals surface area contributed by atoms with E-state index in [9.17, 15) is 9.18 Å². The van der Waals surface area contributed by atoms with E-state index >= 15 is 0 Å². The second kappa shape index (κ2) is 9.17. The Morgan fingerprint density at radius 2 is 1.74 bits per heavy atom. The summed E-state index contributed by atoms with van der Waals surface area (Å²) in [6.45, 7) is 4.10. The van der Waals surface area contributed by atoms with Gasteiger partial charge >= 0.3 is 0 Å². The van der Waals surface area contributed by atoms with Gasteiger partial charge in [-0.25, -0.2) is 4.39 Å². The number of carbonyl (C=O) groups is 1. The zero-order valence-corrected chi connectivity index (χ0v) is 17.9. The van der Waals surface area contributed by atoms with Gasteiger partial charge in [0.25, 0.3) is 0 Å². The molecular weight excluding hydrogens is 387 g/mol. The van der Waals surface area contributed by atoms with Crippen molar-refractivity contribution in [2.75, 3.05) is 0 Å². The number of hydrogen-bond acceptors (Lipinski definition) is 1. The lowest BCUT2D eigenvalue weighted by atomic mass is 9.87. The van der Waals surface area contributed by atoms with Crippen LogP contribution in [0.2, 0.25) is 0 Å². The van der Waals surface area contributed by atoms with Gasteiger partial charge in [-0.3, -0.25) is 4.79 Å². The Labute approximate surface area is 182 Å². The van der Waals surface area contributed by atoms with Crippen LogP contribution in [0.5, 0.6) is 0 Å². The second-order valence-electron chi connectivity index (χ2n) is 7.95. The van der Waals surface area contributed by atoms with Crippen molar-refractivity contribution < 1.29 is 9.18 Å². The van der Waals surface area contributed by atoms with Gasteiger partial charge in [-0.05, 0) is 47.7 Å². The molecule has 4 aromatic rings. The molecule has 4 heteroatoms. The highest BCUT2D eigenvalue weighted by Crippen LogP contribution is 2.35. The fraction of sp³-hybridized carbons (Fsp3) is 0.222. The van der Waals surface area contributed by atoms with Crippen molar-refractivity contribution in [3.8, 4) is 0 Å². The van der Waals surface area contributed by atoms with Gasteiger partial charge in [0.1, 0.15) is 5.82 Å². The summed E-state index contributed by atoms with van der Waals surface area (Å²) < 4.78 is 14.1. The molecule has 0 aliphatic carbocycles. The first-order valence-electron chi connectivity index (χ1n) is 10.8. The number of carbonyl (C=O) groups excluding carboxylic acids is 1. The number of benzene rings is 3. The molecule has 2 N–H and O–H groups in total. The first-order chi connectivity index (χ1) is 15.1. The summed E-state index contributed by atoms with van der Waals surface area (Å²) in [5, 5.41) is 4.18. The summed E-state index contributed by atoms with van der Waals surface area (Å²) in [6, 6.07) is 22.6. The molecule has 2 atom stereocenters. The van der Waals surface area contributed by atoms with E-state index in [1.165, 1.54) is 17.7 Å². The SMILES string of the molecule is CCc1cccc2c([C@H](CC(=O)N[C@H](C)c3ccccc3)c3cccc(F)c3)c[nH]c12. The minimum absolute atomic E-state index is 0.0633. The predicted molar refractivity (Wildman–Crippen MR) is 124 cm³/mol. The average Bonchev–Trinajstić information content (AvgIpc) is 3.22. The van der Waals surface area contributed by atoms with Crippen LogP contribution in [0, 0.1) is 5.82 Å². The Morgan fingerprint density at radius 3 is 2.48 bits per heavy atom. The fourth-order valence-corrected chi connectivity index (χ4v) is 4.26. The third kappa shape index (κ3) is 4.53. The smallest absolute Gasteiger partial charge is 0.221 e. The van der Waals surface area contributed by atoms with Crippen molar-refractivity contribution in [3.05, 3.63) is 107 Å². The third-order valence-corrected chi connectivity index (χ3v) is 5.91. The minimum atomic E-state index is -0.297. The van der Waals surface area contributed by atoms with E-state index in [0.29, 0.717) is 0 Å². The lowest BCUT2D eigenvalue weighted by Crippen LogP contribution is -2.28. The number of aromatic amines is 1. The van der Waals surface area contributed by atoms with Crippen molar-refractivity contribution in [2.24, 2.45) is 0 Å². The molecule has 0 saturated carbocycles. The molecule has 31 heavy (non-hydrogen) atoms. The highest BCUT2D eigenvalue weighted by Gasteiger charge is 2.23. The van der Waals surface area contributed by atoms with Gasteiger partial charge in [0, 0.05) is 29.4 Å². The van der Waals surface area contributed by atoms with E-state index in [0.717, 1.165) is 34.0 Å². The van der Waals surface area contributed by atoms with Gasteiger partial charge in [-0.1, -0.05) is 67.6 Å². The summed E-state index contributed by atoms with van der Waals surface area (Å²) in [7, 11) is 0. The van der Waals surface area contributed by atoms with Crippen LogP contribution < -0.4 is 5.32 Å². The van der Waals surface area contributed by atoms with Crippen LogP contribution in [0.3, 0.4) is 0 Å². The van der Waals surface area contributed by atoms with Crippen molar-refractivity contribution in [3.63, 3.8) is 0 Å². The molecule has 0 unspecified atom stereocenters. The highest BCUT2D eigenvalue weighted by atomic mass is 19.1. The Balaban J connectivity index is 1.67. The van der Waals surface area contributed by atoms with Crippen LogP contribution in [0.15, 0.2) is 79.0 Å². The van der Waals surface area contributed by atoms with E-state index in [4.69, 9.17) is 0 Å². The summed E-state index contributed by atoms with van der Waals surface area (Å²) in [5.74, 6) is -0.610. The summed E-state index contributed by atoms with van der Waals surface area (Å²) in [4.78, 5) is 16.4. The van der Waals surface area contributed by atoms with E-state index in [-0.39, 0.29) is 30.1 Å². The molecule has 3 nitrogen and oxygen atoms in total. The first kappa shape index (κ1) is 20.9. The lowest BCUT2D eigenvalue weighted by Gasteiger charge is -2.20. The molecule has 4 rings (SSSR count). The quantitative estimate of drug-likeness (QED) is 0.368. The Kier molecular flexibility index (Phi) is 6.17. The van der Waals surface area contributed by atoms with Gasteiger partial charge < -0.3 is 10.3 Å². The molecule has 1 aromatic heterocycles. The molecule has 0 spiro atoms. The fourth-order valence-electron chi connectivity index (χ4n) is 4.26. The first-order valence-corrected chi connectivity index (χ1v) is 10.8. The Hall–Kier alpha value is -3.40. The zero-order valence-electron chi connectivity index (χ0n) is 17.9. The van der Waals surface area contributed by atoms with Crippen molar-refractivity contribution in [2.45, 2.75) is 38.6 Å². The average molecular weight is 415 g/mol. The van der Waals surface area contributed by atoms with Crippen LogP contribution in [0.4, 0.5) is 4.39 Å². The van der Waals surface area contributed by atoms with Crippen LogP contribution in [-0.4, -0.2) is 10.9 Å². The normalized spacial score (nSPS) is 13.1. The number of rotatable bonds is 7. The monoisotopic (exact) mass is 414 g/mol. The van der Waals surface area contributed by atoms with Crippen LogP contribution in [0.25, 0.3) is 10.9 Å². The van der Waals surface area contributed by atoms with Crippen LogP contribution in [-0.2, 0) is 11.2 Å². The van der Waals surface area contributed by atoms with Crippen LogP contribution >= 0.6 is 0 Å². The van der Waals surface area contributed by atoms with Crippen molar-refractivity contribution >= 4 is 16.8 Å². The number of para-hydroxylation sites is 1.